The number of carbonyl (C=O) groups excluding carboxylic acids is 2. The zero-order valence-electron chi connectivity index (χ0n) is 19.2. The topological polar surface area (TPSA) is 98.6 Å². The fourth-order valence-electron chi connectivity index (χ4n) is 3.93. The second-order valence-electron chi connectivity index (χ2n) is 8.15. The Morgan fingerprint density at radius 2 is 1.94 bits per heavy atom. The van der Waals surface area contributed by atoms with Gasteiger partial charge in [-0.25, -0.2) is 15.2 Å². The minimum Gasteiger partial charge on any atom is -0.494 e. The normalized spacial score (nSPS) is 20.1. The third-order valence-corrected chi connectivity index (χ3v) is 5.78. The number of benzene rings is 2. The van der Waals surface area contributed by atoms with Crippen LogP contribution in [0.2, 0.25) is 0 Å². The Morgan fingerprint density at radius 1 is 1.18 bits per heavy atom. The smallest absolute Gasteiger partial charge is 0.325 e. The summed E-state index contributed by atoms with van der Waals surface area (Å²) in [5.74, 6) is 0.861. The highest BCUT2D eigenvalue weighted by molar-refractivity contribution is 6.03. The molecule has 172 valence electrons. The minimum atomic E-state index is -0.643. The Balaban J connectivity index is 1.58. The zero-order chi connectivity index (χ0) is 23.5. The van der Waals surface area contributed by atoms with Gasteiger partial charge in [0.15, 0.2) is 12.2 Å². The van der Waals surface area contributed by atoms with Crippen molar-refractivity contribution in [1.82, 2.24) is 20.5 Å². The fourth-order valence-corrected chi connectivity index (χ4v) is 3.93. The molecule has 2 N–H and O–H groups in total. The van der Waals surface area contributed by atoms with Crippen molar-refractivity contribution in [2.45, 2.75) is 39.5 Å². The van der Waals surface area contributed by atoms with Crippen molar-refractivity contribution in [2.24, 2.45) is 10.1 Å². The van der Waals surface area contributed by atoms with Crippen LogP contribution >= 0.6 is 0 Å². The number of nitrogens with zero attached hydrogens (tertiary/aromatic N) is 4. The third kappa shape index (κ3) is 4.67. The molecule has 2 unspecified atom stereocenters. The molecule has 9 heteroatoms. The minimum absolute atomic E-state index is 0.371. The molecule has 2 aliphatic heterocycles. The zero-order valence-corrected chi connectivity index (χ0v) is 19.2. The van der Waals surface area contributed by atoms with Crippen LogP contribution in [-0.4, -0.2) is 59.8 Å². The quantitative estimate of drug-likeness (QED) is 0.522. The summed E-state index contributed by atoms with van der Waals surface area (Å²) in [6.45, 7) is 7.07. The number of amides is 3. The fraction of sp³-hybridized carbons (Fsp3) is 0.333. The summed E-state index contributed by atoms with van der Waals surface area (Å²) in [4.78, 5) is 32.8. The van der Waals surface area contributed by atoms with E-state index in [4.69, 9.17) is 4.74 Å². The first-order valence-electron chi connectivity index (χ1n) is 10.9. The molecule has 2 aromatic rings. The molecule has 1 fully saturated rings. The number of hydrazone groups is 1. The molecule has 0 aliphatic carbocycles. The Kier molecular flexibility index (Phi) is 6.30. The van der Waals surface area contributed by atoms with Gasteiger partial charge in [-0.15, -0.1) is 0 Å². The predicted octanol–water partition coefficient (Wildman–Crippen LogP) is 2.37. The van der Waals surface area contributed by atoms with Crippen molar-refractivity contribution in [1.29, 1.82) is 0 Å². The number of aliphatic imine (C=N–C) groups is 1. The number of rotatable bonds is 6. The average Bonchev–Trinajstić information content (AvgIpc) is 3.15. The first-order chi connectivity index (χ1) is 15.9. The molecule has 0 aromatic heterocycles. The van der Waals surface area contributed by atoms with Gasteiger partial charge in [-0.2, -0.15) is 5.10 Å². The van der Waals surface area contributed by atoms with E-state index in [0.717, 1.165) is 28.0 Å². The van der Waals surface area contributed by atoms with Crippen molar-refractivity contribution in [2.75, 3.05) is 13.7 Å². The second kappa shape index (κ2) is 9.32. The molecule has 3 amide bonds. The van der Waals surface area contributed by atoms with Crippen molar-refractivity contribution in [3.05, 3.63) is 64.7 Å². The molecule has 2 heterocycles. The van der Waals surface area contributed by atoms with Crippen LogP contribution in [0.4, 0.5) is 4.79 Å². The van der Waals surface area contributed by atoms with Gasteiger partial charge in [0.1, 0.15) is 5.75 Å². The summed E-state index contributed by atoms with van der Waals surface area (Å²) in [5.41, 5.74) is 7.19. The number of guanidine groups is 1. The SMILES string of the molecule is CCOc1ccc(/C=N/NC2=NC3C(C(=O)NC(=O)N3C)N2Cc2cc(C)ccc2C)cc1. The standard InChI is InChI=1S/C24H28N6O3/c1-5-33-19-10-8-17(9-11-19)13-25-28-23-26-21-20(22(31)27-24(32)29(21)4)30(23)14-18-12-15(2)6-7-16(18)3/h6-13,20-21H,5,14H2,1-4H3,(H,26,28)(H,27,31,32)/b25-13+. The molecule has 0 bridgehead atoms. The van der Waals surface area contributed by atoms with E-state index in [2.05, 4.69) is 39.0 Å². The molecule has 2 aliphatic rings. The number of imide groups is 1. The number of hydrogen-bond donors (Lipinski definition) is 2. The summed E-state index contributed by atoms with van der Waals surface area (Å²) in [6, 6.07) is 12.7. The van der Waals surface area contributed by atoms with Gasteiger partial charge >= 0.3 is 6.03 Å². The van der Waals surface area contributed by atoms with Crippen LogP contribution in [0.25, 0.3) is 0 Å². The Hall–Kier alpha value is -3.88. The molecule has 4 rings (SSSR count). The summed E-state index contributed by atoms with van der Waals surface area (Å²) in [6.07, 6.45) is 1.05. The van der Waals surface area contributed by atoms with Gasteiger partial charge in [-0.1, -0.05) is 23.8 Å². The van der Waals surface area contributed by atoms with Crippen molar-refractivity contribution >= 4 is 24.1 Å². The van der Waals surface area contributed by atoms with E-state index >= 15 is 0 Å². The van der Waals surface area contributed by atoms with E-state index in [1.807, 2.05) is 49.9 Å². The Morgan fingerprint density at radius 3 is 2.67 bits per heavy atom. The van der Waals surface area contributed by atoms with Crippen LogP contribution in [0.1, 0.15) is 29.2 Å². The third-order valence-electron chi connectivity index (χ3n) is 5.78. The number of fused-ring (bicyclic) bond motifs is 1. The van der Waals surface area contributed by atoms with E-state index in [1.54, 1.807) is 13.3 Å². The number of ether oxygens (including phenoxy) is 1. The van der Waals surface area contributed by atoms with Gasteiger partial charge in [-0.3, -0.25) is 10.1 Å². The van der Waals surface area contributed by atoms with Gasteiger partial charge in [0.05, 0.1) is 12.8 Å². The summed E-state index contributed by atoms with van der Waals surface area (Å²) in [7, 11) is 1.63. The number of aryl methyl sites for hydroxylation is 2. The van der Waals surface area contributed by atoms with Crippen LogP contribution in [0, 0.1) is 13.8 Å². The second-order valence-corrected chi connectivity index (χ2v) is 8.15. The molecule has 33 heavy (non-hydrogen) atoms. The highest BCUT2D eigenvalue weighted by Gasteiger charge is 2.48. The van der Waals surface area contributed by atoms with E-state index in [9.17, 15) is 9.59 Å². The maximum Gasteiger partial charge on any atom is 0.325 e. The molecular weight excluding hydrogens is 420 g/mol. The maximum absolute atomic E-state index is 12.8. The van der Waals surface area contributed by atoms with Crippen LogP contribution < -0.4 is 15.5 Å². The average molecular weight is 449 g/mol. The molecule has 0 radical (unpaired) electrons. The van der Waals surface area contributed by atoms with Gasteiger partial charge in [-0.05, 0) is 61.7 Å². The van der Waals surface area contributed by atoms with Gasteiger partial charge < -0.3 is 14.5 Å². The predicted molar refractivity (Wildman–Crippen MR) is 126 cm³/mol. The van der Waals surface area contributed by atoms with Gasteiger partial charge in [0.25, 0.3) is 5.91 Å². The maximum atomic E-state index is 12.8. The van der Waals surface area contributed by atoms with E-state index < -0.39 is 18.2 Å². The number of nitrogens with one attached hydrogen (secondary N) is 2. The monoisotopic (exact) mass is 448 g/mol. The first kappa shape index (κ1) is 22.3. The largest absolute Gasteiger partial charge is 0.494 e. The van der Waals surface area contributed by atoms with Crippen molar-refractivity contribution < 1.29 is 14.3 Å². The van der Waals surface area contributed by atoms with Gasteiger partial charge in [0, 0.05) is 13.6 Å². The van der Waals surface area contributed by atoms with Crippen LogP contribution in [0.3, 0.4) is 0 Å². The molecule has 9 nitrogen and oxygen atoms in total. The lowest BCUT2D eigenvalue weighted by Gasteiger charge is -2.36. The van der Waals surface area contributed by atoms with Gasteiger partial charge in [0.2, 0.25) is 5.96 Å². The lowest BCUT2D eigenvalue weighted by Crippen LogP contribution is -2.63. The molecule has 1 saturated heterocycles. The van der Waals surface area contributed by atoms with Crippen LogP contribution in [0.15, 0.2) is 52.6 Å². The molecule has 2 aromatic carbocycles. The highest BCUT2D eigenvalue weighted by atomic mass is 16.5. The number of carbonyl (C=O) groups is 2. The van der Waals surface area contributed by atoms with Crippen molar-refractivity contribution in [3.8, 4) is 5.75 Å². The van der Waals surface area contributed by atoms with E-state index in [1.165, 1.54) is 4.90 Å². The summed E-state index contributed by atoms with van der Waals surface area (Å²) < 4.78 is 5.46. The number of hydrogen-bond acceptors (Lipinski definition) is 7. The van der Waals surface area contributed by atoms with Crippen LogP contribution in [-0.2, 0) is 11.3 Å². The Labute approximate surface area is 193 Å². The van der Waals surface area contributed by atoms with Crippen molar-refractivity contribution in [3.63, 3.8) is 0 Å². The first-order valence-corrected chi connectivity index (χ1v) is 10.9. The lowest BCUT2D eigenvalue weighted by atomic mass is 10.0. The van der Waals surface area contributed by atoms with Crippen LogP contribution in [0.5, 0.6) is 5.75 Å². The summed E-state index contributed by atoms with van der Waals surface area (Å²) in [5, 5.41) is 6.75. The highest BCUT2D eigenvalue weighted by Crippen LogP contribution is 2.26. The molecule has 0 saturated carbocycles. The summed E-state index contributed by atoms with van der Waals surface area (Å²) >= 11 is 0. The molecule has 2 atom stereocenters. The lowest BCUT2D eigenvalue weighted by molar-refractivity contribution is -0.127. The molecular formula is C24H28N6O3. The number of urea groups is 1. The molecule has 0 spiro atoms. The number of likely N-dealkylation sites (N-methyl/N-ethyl adjacent to an activating group) is 1. The Bertz CT molecular complexity index is 1110. The van der Waals surface area contributed by atoms with E-state index in [-0.39, 0.29) is 5.91 Å². The van der Waals surface area contributed by atoms with E-state index in [0.29, 0.717) is 19.1 Å².